The van der Waals surface area contributed by atoms with Crippen molar-refractivity contribution in [2.24, 2.45) is 0 Å². The number of carbonyl (C=O) groups excluding carboxylic acids is 1. The predicted octanol–water partition coefficient (Wildman–Crippen LogP) is 4.54. The zero-order valence-electron chi connectivity index (χ0n) is 11.8. The zero-order chi connectivity index (χ0) is 16.1. The van der Waals surface area contributed by atoms with E-state index in [0.717, 1.165) is 17.8 Å². The molecule has 0 saturated carbocycles. The second kappa shape index (κ2) is 7.82. The Balaban J connectivity index is 1.89. The van der Waals surface area contributed by atoms with Gasteiger partial charge in [0, 0.05) is 18.2 Å². The smallest absolute Gasteiger partial charge is 0.305 e. The van der Waals surface area contributed by atoms with Crippen LogP contribution >= 0.6 is 23.1 Å². The summed E-state index contributed by atoms with van der Waals surface area (Å²) in [5.74, 6) is -2.74. The number of carbonyl (C=O) groups is 1. The van der Waals surface area contributed by atoms with E-state index in [9.17, 15) is 18.0 Å². The Morgan fingerprint density at radius 2 is 2.09 bits per heavy atom. The van der Waals surface area contributed by atoms with Gasteiger partial charge in [0.05, 0.1) is 11.3 Å². The van der Waals surface area contributed by atoms with Crippen LogP contribution in [0.1, 0.15) is 26.2 Å². The highest BCUT2D eigenvalue weighted by Crippen LogP contribution is 2.33. The SMILES string of the molecule is CCOC(=O)CCCCSc1nc2c(F)c(F)cc(F)c2s1. The predicted molar refractivity (Wildman–Crippen MR) is 80.7 cm³/mol. The molecule has 1 heterocycles. The Bertz CT molecular complexity index is 676. The molecule has 3 nitrogen and oxygen atoms in total. The van der Waals surface area contributed by atoms with E-state index in [0.29, 0.717) is 35.6 Å². The molecule has 0 amide bonds. The Hall–Kier alpha value is -1.28. The monoisotopic (exact) mass is 349 g/mol. The summed E-state index contributed by atoms with van der Waals surface area (Å²) in [4.78, 5) is 15.1. The van der Waals surface area contributed by atoms with Gasteiger partial charge in [-0.1, -0.05) is 11.8 Å². The quantitative estimate of drug-likeness (QED) is 0.318. The summed E-state index contributed by atoms with van der Waals surface area (Å²) in [5.41, 5.74) is -0.267. The lowest BCUT2D eigenvalue weighted by Crippen LogP contribution is -2.03. The Labute approximate surface area is 133 Å². The molecule has 2 aromatic rings. The molecule has 0 spiro atoms. The average Bonchev–Trinajstić information content (AvgIpc) is 2.90. The van der Waals surface area contributed by atoms with Crippen molar-refractivity contribution >= 4 is 39.3 Å². The molecule has 0 unspecified atom stereocenters. The minimum absolute atomic E-state index is 0.0212. The van der Waals surface area contributed by atoms with Crippen LogP contribution in [-0.4, -0.2) is 23.3 Å². The summed E-state index contributed by atoms with van der Waals surface area (Å²) in [6, 6.07) is 0.531. The lowest BCUT2D eigenvalue weighted by molar-refractivity contribution is -0.143. The number of thiazole rings is 1. The molecule has 22 heavy (non-hydrogen) atoms. The fourth-order valence-corrected chi connectivity index (χ4v) is 3.90. The second-order valence-corrected chi connectivity index (χ2v) is 6.76. The molecule has 0 aliphatic heterocycles. The van der Waals surface area contributed by atoms with Crippen molar-refractivity contribution in [3.05, 3.63) is 23.5 Å². The van der Waals surface area contributed by atoms with Crippen LogP contribution in [0.25, 0.3) is 10.2 Å². The molecule has 0 atom stereocenters. The Morgan fingerprint density at radius 1 is 1.32 bits per heavy atom. The first-order valence-electron chi connectivity index (χ1n) is 6.75. The number of fused-ring (bicyclic) bond motifs is 1. The van der Waals surface area contributed by atoms with Crippen molar-refractivity contribution in [1.29, 1.82) is 0 Å². The van der Waals surface area contributed by atoms with Crippen molar-refractivity contribution in [2.75, 3.05) is 12.4 Å². The van der Waals surface area contributed by atoms with Crippen molar-refractivity contribution in [2.45, 2.75) is 30.5 Å². The van der Waals surface area contributed by atoms with Gasteiger partial charge in [-0.25, -0.2) is 18.2 Å². The Morgan fingerprint density at radius 3 is 2.82 bits per heavy atom. The van der Waals surface area contributed by atoms with Crippen molar-refractivity contribution in [3.8, 4) is 0 Å². The van der Waals surface area contributed by atoms with E-state index >= 15 is 0 Å². The number of thioether (sulfide) groups is 1. The molecule has 0 fully saturated rings. The van der Waals surface area contributed by atoms with Crippen molar-refractivity contribution < 1.29 is 22.7 Å². The molecule has 0 radical (unpaired) electrons. The first-order valence-corrected chi connectivity index (χ1v) is 8.55. The first-order chi connectivity index (χ1) is 10.5. The molecule has 120 valence electrons. The first kappa shape index (κ1) is 17.1. The average molecular weight is 349 g/mol. The van der Waals surface area contributed by atoms with Crippen LogP contribution in [0, 0.1) is 17.5 Å². The van der Waals surface area contributed by atoms with Crippen LogP contribution in [-0.2, 0) is 9.53 Å². The third-order valence-corrected chi connectivity index (χ3v) is 5.09. The van der Waals surface area contributed by atoms with E-state index in [1.807, 2.05) is 0 Å². The van der Waals surface area contributed by atoms with E-state index in [4.69, 9.17) is 4.74 Å². The number of halogens is 3. The number of nitrogens with zero attached hydrogens (tertiary/aromatic N) is 1. The summed E-state index contributed by atoms with van der Waals surface area (Å²) in [6.45, 7) is 2.12. The van der Waals surface area contributed by atoms with Crippen LogP contribution in [0.2, 0.25) is 0 Å². The van der Waals surface area contributed by atoms with Gasteiger partial charge in [0.15, 0.2) is 16.0 Å². The van der Waals surface area contributed by atoms with E-state index in [-0.39, 0.29) is 16.2 Å². The standard InChI is InChI=1S/C14H14F3NO2S2/c1-2-20-10(19)5-3-4-6-21-14-18-12-11(17)8(15)7-9(16)13(12)22-14/h7H,2-6H2,1H3. The van der Waals surface area contributed by atoms with Gasteiger partial charge >= 0.3 is 5.97 Å². The highest BCUT2D eigenvalue weighted by atomic mass is 32.2. The van der Waals surface area contributed by atoms with Crippen LogP contribution in [0.5, 0.6) is 0 Å². The molecule has 0 bridgehead atoms. The lowest BCUT2D eigenvalue weighted by atomic mass is 10.2. The second-order valence-electron chi connectivity index (χ2n) is 4.42. The molecule has 8 heteroatoms. The van der Waals surface area contributed by atoms with E-state index < -0.39 is 17.5 Å². The largest absolute Gasteiger partial charge is 0.466 e. The number of hydrogen-bond donors (Lipinski definition) is 0. The summed E-state index contributed by atoms with van der Waals surface area (Å²) in [6.07, 6.45) is 1.77. The van der Waals surface area contributed by atoms with E-state index in [1.54, 1.807) is 6.92 Å². The summed E-state index contributed by atoms with van der Waals surface area (Å²) < 4.78 is 45.5. The third-order valence-electron chi connectivity index (χ3n) is 2.80. The molecule has 0 saturated heterocycles. The van der Waals surface area contributed by atoms with Crippen LogP contribution < -0.4 is 0 Å². The minimum Gasteiger partial charge on any atom is -0.466 e. The van der Waals surface area contributed by atoms with E-state index in [2.05, 4.69) is 4.98 Å². The highest BCUT2D eigenvalue weighted by molar-refractivity contribution is 8.01. The van der Waals surface area contributed by atoms with Crippen LogP contribution in [0.3, 0.4) is 0 Å². The zero-order valence-corrected chi connectivity index (χ0v) is 13.5. The number of ether oxygens (including phenoxy) is 1. The maximum absolute atomic E-state index is 13.5. The van der Waals surface area contributed by atoms with Gasteiger partial charge in [0.2, 0.25) is 0 Å². The van der Waals surface area contributed by atoms with Gasteiger partial charge in [-0.3, -0.25) is 4.79 Å². The lowest BCUT2D eigenvalue weighted by Gasteiger charge is -2.00. The fraction of sp³-hybridized carbons (Fsp3) is 0.429. The van der Waals surface area contributed by atoms with E-state index in [1.165, 1.54) is 11.8 Å². The molecular formula is C14H14F3NO2S2. The third kappa shape index (κ3) is 4.13. The van der Waals surface area contributed by atoms with Gasteiger partial charge in [-0.2, -0.15) is 0 Å². The minimum atomic E-state index is -1.23. The molecule has 1 aromatic heterocycles. The van der Waals surface area contributed by atoms with Gasteiger partial charge in [-0.05, 0) is 19.8 Å². The molecule has 1 aromatic carbocycles. The summed E-state index contributed by atoms with van der Waals surface area (Å²) >= 11 is 2.33. The number of aromatic nitrogens is 1. The van der Waals surface area contributed by atoms with Crippen LogP contribution in [0.15, 0.2) is 10.4 Å². The van der Waals surface area contributed by atoms with Gasteiger partial charge in [-0.15, -0.1) is 11.3 Å². The number of unbranched alkanes of at least 4 members (excludes halogenated alkanes) is 1. The molecular weight excluding hydrogens is 335 g/mol. The van der Waals surface area contributed by atoms with Crippen molar-refractivity contribution in [3.63, 3.8) is 0 Å². The fourth-order valence-electron chi connectivity index (χ4n) is 1.79. The topological polar surface area (TPSA) is 39.2 Å². The Kier molecular flexibility index (Phi) is 6.07. The maximum Gasteiger partial charge on any atom is 0.305 e. The van der Waals surface area contributed by atoms with Crippen molar-refractivity contribution in [1.82, 2.24) is 4.98 Å². The van der Waals surface area contributed by atoms with Gasteiger partial charge < -0.3 is 4.74 Å². The summed E-state index contributed by atoms with van der Waals surface area (Å²) in [5, 5.41) is 0. The van der Waals surface area contributed by atoms with Crippen LogP contribution in [0.4, 0.5) is 13.2 Å². The highest BCUT2D eigenvalue weighted by Gasteiger charge is 2.17. The number of esters is 1. The van der Waals surface area contributed by atoms with Gasteiger partial charge in [0.1, 0.15) is 11.3 Å². The maximum atomic E-state index is 13.5. The van der Waals surface area contributed by atoms with Gasteiger partial charge in [0.25, 0.3) is 0 Å². The molecule has 0 aliphatic rings. The number of benzene rings is 1. The molecule has 2 rings (SSSR count). The number of rotatable bonds is 7. The summed E-state index contributed by atoms with van der Waals surface area (Å²) in [7, 11) is 0. The normalized spacial score (nSPS) is 11.1. The number of hydrogen-bond acceptors (Lipinski definition) is 5. The molecule has 0 aliphatic carbocycles. The molecule has 0 N–H and O–H groups in total.